The molecular formula is C29H47N5O12S. The van der Waals surface area contributed by atoms with Gasteiger partial charge in [-0.05, 0) is 19.3 Å². The van der Waals surface area contributed by atoms with Crippen LogP contribution in [0.2, 0.25) is 0 Å². The molecule has 3 saturated heterocycles. The molecule has 0 aromatic carbocycles. The summed E-state index contributed by atoms with van der Waals surface area (Å²) in [5, 5.41) is 22.0. The quantitative estimate of drug-likeness (QED) is 0.0456. The molecule has 0 spiro atoms. The van der Waals surface area contributed by atoms with Crippen molar-refractivity contribution >= 4 is 47.5 Å². The lowest BCUT2D eigenvalue weighted by Crippen LogP contribution is -2.51. The molecule has 18 heteroatoms. The summed E-state index contributed by atoms with van der Waals surface area (Å²) in [6.07, 6.45) is 2.23. The van der Waals surface area contributed by atoms with Gasteiger partial charge in [0.25, 0.3) is 11.8 Å². The lowest BCUT2D eigenvalue weighted by molar-refractivity contribution is -0.198. The van der Waals surface area contributed by atoms with Gasteiger partial charge in [0.15, 0.2) is 0 Å². The first kappa shape index (κ1) is 38.4. The number of hydrogen-bond acceptors (Lipinski definition) is 13. The number of amides is 5. The Bertz CT molecular complexity index is 1050. The summed E-state index contributed by atoms with van der Waals surface area (Å²) in [6, 6.07) is -1.46. The third kappa shape index (κ3) is 13.5. The molecule has 2 unspecified atom stereocenters. The highest BCUT2D eigenvalue weighted by Crippen LogP contribution is 2.33. The van der Waals surface area contributed by atoms with E-state index in [1.165, 1.54) is 0 Å². The average molecular weight is 690 g/mol. The molecule has 3 aliphatic heterocycles. The molecular weight excluding hydrogens is 642 g/mol. The van der Waals surface area contributed by atoms with Gasteiger partial charge in [0.05, 0.1) is 77.4 Å². The smallest absolute Gasteiger partial charge is 0.335 e. The number of carbonyl (C=O) groups excluding carboxylic acids is 5. The van der Waals surface area contributed by atoms with Crippen molar-refractivity contribution in [1.82, 2.24) is 26.3 Å². The van der Waals surface area contributed by atoms with Crippen LogP contribution in [0.25, 0.3) is 0 Å². The number of aliphatic carboxylic acids is 1. The predicted molar refractivity (Wildman–Crippen MR) is 166 cm³/mol. The molecule has 5 amide bonds. The van der Waals surface area contributed by atoms with Crippen LogP contribution in [0.15, 0.2) is 0 Å². The van der Waals surface area contributed by atoms with Crippen molar-refractivity contribution < 1.29 is 57.7 Å². The number of ether oxygens (including phenoxy) is 4. The summed E-state index contributed by atoms with van der Waals surface area (Å²) in [5.41, 5.74) is 0. The number of hydroxylamine groups is 2. The maximum Gasteiger partial charge on any atom is 0.335 e. The van der Waals surface area contributed by atoms with Crippen LogP contribution in [-0.2, 0) is 47.8 Å². The summed E-state index contributed by atoms with van der Waals surface area (Å²) in [5.74, 6) is -2.22. The molecule has 5 atom stereocenters. The third-order valence-electron chi connectivity index (χ3n) is 7.66. The van der Waals surface area contributed by atoms with E-state index < -0.39 is 35.8 Å². The molecule has 0 saturated carbocycles. The first-order chi connectivity index (χ1) is 22.7. The molecule has 0 aromatic heterocycles. The van der Waals surface area contributed by atoms with Crippen LogP contribution >= 0.6 is 11.8 Å². The van der Waals surface area contributed by atoms with Crippen LogP contribution in [0.3, 0.4) is 0 Å². The van der Waals surface area contributed by atoms with E-state index in [-0.39, 0.29) is 81.5 Å². The SMILES string of the molecule is CCC(NC(CCC[C@@H]1SC[C@@H]2NC(=O)N[C@@H]21)C(=O)O)C(=O)NCCOCCOCCOCCOCCC(=O)ON1C(=O)CCC1=O. The number of carboxylic acid groups (broad SMARTS) is 1. The van der Waals surface area contributed by atoms with Crippen molar-refractivity contribution in [1.29, 1.82) is 0 Å². The van der Waals surface area contributed by atoms with Gasteiger partial charge in [0, 0.05) is 30.4 Å². The Balaban J connectivity index is 1.12. The molecule has 5 N–H and O–H groups in total. The Hall–Kier alpha value is -3.03. The van der Waals surface area contributed by atoms with E-state index in [0.717, 1.165) is 12.2 Å². The molecule has 3 aliphatic rings. The third-order valence-corrected chi connectivity index (χ3v) is 9.16. The van der Waals surface area contributed by atoms with E-state index >= 15 is 0 Å². The summed E-state index contributed by atoms with van der Waals surface area (Å²) < 4.78 is 21.5. The van der Waals surface area contributed by atoms with E-state index in [0.29, 0.717) is 50.8 Å². The van der Waals surface area contributed by atoms with E-state index in [1.54, 1.807) is 11.8 Å². The number of thioether (sulfide) groups is 1. The molecule has 0 aliphatic carbocycles. The Morgan fingerprint density at radius 3 is 2.15 bits per heavy atom. The minimum atomic E-state index is -1.00. The molecule has 17 nitrogen and oxygen atoms in total. The Morgan fingerprint density at radius 2 is 1.53 bits per heavy atom. The topological polar surface area (TPSA) is 220 Å². The second-order valence-corrected chi connectivity index (χ2v) is 12.4. The van der Waals surface area contributed by atoms with Crippen LogP contribution in [-0.4, -0.2) is 140 Å². The molecule has 0 radical (unpaired) electrons. The van der Waals surface area contributed by atoms with Crippen LogP contribution in [0.1, 0.15) is 51.9 Å². The van der Waals surface area contributed by atoms with Gasteiger partial charge >= 0.3 is 18.0 Å². The van der Waals surface area contributed by atoms with Crippen molar-refractivity contribution in [3.63, 3.8) is 0 Å². The second kappa shape index (κ2) is 21.0. The monoisotopic (exact) mass is 689 g/mol. The van der Waals surface area contributed by atoms with Gasteiger partial charge in [-0.25, -0.2) is 9.59 Å². The lowest BCUT2D eigenvalue weighted by atomic mass is 10.0. The number of imide groups is 1. The Kier molecular flexibility index (Phi) is 17.2. The molecule has 47 heavy (non-hydrogen) atoms. The van der Waals surface area contributed by atoms with Crippen LogP contribution in [0.5, 0.6) is 0 Å². The van der Waals surface area contributed by atoms with Gasteiger partial charge in [-0.15, -0.1) is 5.06 Å². The minimum Gasteiger partial charge on any atom is -0.480 e. The zero-order valence-corrected chi connectivity index (χ0v) is 27.5. The molecule has 3 heterocycles. The first-order valence-corrected chi connectivity index (χ1v) is 17.1. The van der Waals surface area contributed by atoms with Crippen molar-refractivity contribution in [2.24, 2.45) is 0 Å². The Labute approximate surface area is 277 Å². The predicted octanol–water partition coefficient (Wildman–Crippen LogP) is -0.677. The van der Waals surface area contributed by atoms with E-state index in [9.17, 15) is 33.9 Å². The molecule has 3 fully saturated rings. The highest BCUT2D eigenvalue weighted by molar-refractivity contribution is 8.00. The number of hydrogen-bond donors (Lipinski definition) is 5. The summed E-state index contributed by atoms with van der Waals surface area (Å²) in [6.45, 7) is 4.28. The zero-order valence-electron chi connectivity index (χ0n) is 26.7. The van der Waals surface area contributed by atoms with Crippen molar-refractivity contribution in [3.05, 3.63) is 0 Å². The number of nitrogens with zero attached hydrogens (tertiary/aromatic N) is 1. The number of nitrogens with one attached hydrogen (secondary N) is 4. The number of carboxylic acids is 1. The van der Waals surface area contributed by atoms with Crippen molar-refractivity contribution in [3.8, 4) is 0 Å². The number of carbonyl (C=O) groups is 6. The summed E-state index contributed by atoms with van der Waals surface area (Å²) in [7, 11) is 0. The van der Waals surface area contributed by atoms with Gasteiger partial charge in [-0.3, -0.25) is 24.5 Å². The summed E-state index contributed by atoms with van der Waals surface area (Å²) >= 11 is 1.78. The van der Waals surface area contributed by atoms with Gasteiger partial charge in [0.1, 0.15) is 6.04 Å². The fourth-order valence-electron chi connectivity index (χ4n) is 5.16. The lowest BCUT2D eigenvalue weighted by Gasteiger charge is -2.23. The molecule has 3 rings (SSSR count). The minimum absolute atomic E-state index is 0.0411. The van der Waals surface area contributed by atoms with Gasteiger partial charge < -0.3 is 44.8 Å². The van der Waals surface area contributed by atoms with Crippen LogP contribution < -0.4 is 21.3 Å². The highest BCUT2D eigenvalue weighted by atomic mass is 32.2. The van der Waals surface area contributed by atoms with Crippen LogP contribution in [0, 0.1) is 0 Å². The number of fused-ring (bicyclic) bond motifs is 1. The Morgan fingerprint density at radius 1 is 0.915 bits per heavy atom. The maximum atomic E-state index is 12.6. The normalized spacial score (nSPS) is 21.7. The maximum absolute atomic E-state index is 12.6. The first-order valence-electron chi connectivity index (χ1n) is 16.0. The molecule has 266 valence electrons. The fraction of sp³-hybridized carbons (Fsp3) is 0.793. The molecule has 0 aromatic rings. The zero-order chi connectivity index (χ0) is 34.0. The van der Waals surface area contributed by atoms with E-state index in [2.05, 4.69) is 21.3 Å². The largest absolute Gasteiger partial charge is 0.480 e. The highest BCUT2D eigenvalue weighted by Gasteiger charge is 2.42. The number of urea groups is 1. The van der Waals surface area contributed by atoms with Gasteiger partial charge in [-0.2, -0.15) is 11.8 Å². The van der Waals surface area contributed by atoms with Crippen molar-refractivity contribution in [2.45, 2.75) is 81.3 Å². The summed E-state index contributed by atoms with van der Waals surface area (Å²) in [4.78, 5) is 75.3. The van der Waals surface area contributed by atoms with Crippen LogP contribution in [0.4, 0.5) is 4.79 Å². The van der Waals surface area contributed by atoms with Gasteiger partial charge in [0.2, 0.25) is 5.91 Å². The fourth-order valence-corrected chi connectivity index (χ4v) is 6.70. The standard InChI is InChI=1S/C29H47N5O12S/c1-2-19(31-20(28(39)40)4-3-5-22-26-21(18-47-22)32-29(41)33-26)27(38)30-9-11-43-13-15-45-17-16-44-14-12-42-10-8-25(37)46-34-23(35)6-7-24(34)36/h19-22,26,31H,2-18H2,1H3,(H,30,38)(H,39,40)(H2,32,33,41)/t19?,20?,21-,22-,26-/m0/s1. The van der Waals surface area contributed by atoms with E-state index in [1.807, 2.05) is 6.92 Å². The molecule has 0 bridgehead atoms. The second-order valence-electron chi connectivity index (χ2n) is 11.1. The van der Waals surface area contributed by atoms with Crippen molar-refractivity contribution in [2.75, 3.05) is 65.2 Å². The average Bonchev–Trinajstić information content (AvgIpc) is 3.70. The van der Waals surface area contributed by atoms with E-state index in [4.69, 9.17) is 23.8 Å². The number of rotatable bonds is 25. The van der Waals surface area contributed by atoms with Gasteiger partial charge in [-0.1, -0.05) is 13.3 Å².